The molecular formula is C7H12F2O3. The van der Waals surface area contributed by atoms with Crippen LogP contribution in [0.2, 0.25) is 0 Å². The molecule has 1 fully saturated rings. The predicted molar refractivity (Wildman–Crippen MR) is 36.5 cm³/mol. The molecular weight excluding hydrogens is 170 g/mol. The quantitative estimate of drug-likeness (QED) is 0.573. The van der Waals surface area contributed by atoms with E-state index in [1.54, 1.807) is 0 Å². The summed E-state index contributed by atoms with van der Waals surface area (Å²) in [6.45, 7) is -0.165. The van der Waals surface area contributed by atoms with Crippen LogP contribution in [-0.4, -0.2) is 34.6 Å². The van der Waals surface area contributed by atoms with Gasteiger partial charge in [0.05, 0.1) is 5.41 Å². The van der Waals surface area contributed by atoms with Gasteiger partial charge in [0.25, 0.3) is 0 Å². The Morgan fingerprint density at radius 1 is 1.25 bits per heavy atom. The van der Waals surface area contributed by atoms with Crippen LogP contribution in [-0.2, 0) is 0 Å². The minimum absolute atomic E-state index is 0.0150. The molecule has 1 aliphatic rings. The van der Waals surface area contributed by atoms with Crippen molar-refractivity contribution < 1.29 is 24.1 Å². The smallest absolute Gasteiger partial charge is 0.207 e. The van der Waals surface area contributed by atoms with Gasteiger partial charge < -0.3 is 15.3 Å². The number of aliphatic hydroxyl groups is 3. The van der Waals surface area contributed by atoms with Crippen LogP contribution in [0.1, 0.15) is 12.8 Å². The maximum atomic E-state index is 12.4. The van der Waals surface area contributed by atoms with Gasteiger partial charge in [0, 0.05) is 6.61 Å². The highest BCUT2D eigenvalue weighted by molar-refractivity contribution is 4.96. The monoisotopic (exact) mass is 182 g/mol. The number of alkyl halides is 2. The van der Waals surface area contributed by atoms with Crippen LogP contribution in [0.3, 0.4) is 0 Å². The highest BCUT2D eigenvalue weighted by Crippen LogP contribution is 2.51. The van der Waals surface area contributed by atoms with Crippen LogP contribution in [0.4, 0.5) is 8.78 Å². The molecule has 0 aromatic rings. The summed E-state index contributed by atoms with van der Waals surface area (Å²) in [6, 6.07) is 0. The van der Waals surface area contributed by atoms with E-state index >= 15 is 0 Å². The van der Waals surface area contributed by atoms with Gasteiger partial charge in [-0.1, -0.05) is 0 Å². The summed E-state index contributed by atoms with van der Waals surface area (Å²) in [4.78, 5) is 0. The molecule has 0 aromatic heterocycles. The van der Waals surface area contributed by atoms with Crippen LogP contribution in [0.25, 0.3) is 0 Å². The van der Waals surface area contributed by atoms with Crippen LogP contribution >= 0.6 is 0 Å². The lowest BCUT2D eigenvalue weighted by molar-refractivity contribution is -0.233. The SMILES string of the molecule is OCC1CC(C(O)F)(C(O)F)C1. The Balaban J connectivity index is 2.56. The van der Waals surface area contributed by atoms with Gasteiger partial charge in [-0.05, 0) is 18.8 Å². The number of halogens is 2. The Kier molecular flexibility index (Phi) is 2.65. The third kappa shape index (κ3) is 1.32. The highest BCUT2D eigenvalue weighted by Gasteiger charge is 2.55. The molecule has 0 aliphatic heterocycles. The van der Waals surface area contributed by atoms with Crippen LogP contribution < -0.4 is 0 Å². The first kappa shape index (κ1) is 9.83. The molecule has 1 aliphatic carbocycles. The average molecular weight is 182 g/mol. The Bertz CT molecular complexity index is 145. The van der Waals surface area contributed by atoms with Crippen LogP contribution in [0, 0.1) is 11.3 Å². The summed E-state index contributed by atoms with van der Waals surface area (Å²) in [6.07, 6.45) is -4.75. The molecule has 0 aromatic carbocycles. The van der Waals surface area contributed by atoms with E-state index in [1.165, 1.54) is 0 Å². The van der Waals surface area contributed by atoms with Crippen molar-refractivity contribution in [2.75, 3.05) is 6.61 Å². The fourth-order valence-corrected chi connectivity index (χ4v) is 1.65. The van der Waals surface area contributed by atoms with E-state index in [9.17, 15) is 8.78 Å². The van der Waals surface area contributed by atoms with Crippen molar-refractivity contribution >= 4 is 0 Å². The molecule has 72 valence electrons. The molecule has 12 heavy (non-hydrogen) atoms. The van der Waals surface area contributed by atoms with E-state index in [0.717, 1.165) is 0 Å². The van der Waals surface area contributed by atoms with E-state index in [2.05, 4.69) is 0 Å². The fourth-order valence-electron chi connectivity index (χ4n) is 1.65. The van der Waals surface area contributed by atoms with Crippen LogP contribution in [0.5, 0.6) is 0 Å². The Hall–Kier alpha value is -0.260. The molecule has 0 radical (unpaired) electrons. The Morgan fingerprint density at radius 2 is 1.67 bits per heavy atom. The summed E-state index contributed by atoms with van der Waals surface area (Å²) in [5, 5.41) is 25.7. The Morgan fingerprint density at radius 3 is 1.92 bits per heavy atom. The number of hydrogen-bond acceptors (Lipinski definition) is 3. The first-order chi connectivity index (χ1) is 5.53. The predicted octanol–water partition coefficient (Wildman–Crippen LogP) is -0.0491. The molecule has 0 bridgehead atoms. The van der Waals surface area contributed by atoms with Gasteiger partial charge in [0.2, 0.25) is 12.7 Å². The molecule has 0 saturated heterocycles. The zero-order valence-corrected chi connectivity index (χ0v) is 6.45. The Labute approximate surface area is 68.6 Å². The third-order valence-electron chi connectivity index (χ3n) is 2.54. The van der Waals surface area contributed by atoms with Gasteiger partial charge in [-0.2, -0.15) is 0 Å². The maximum Gasteiger partial charge on any atom is 0.207 e. The molecule has 2 unspecified atom stereocenters. The van der Waals surface area contributed by atoms with E-state index in [-0.39, 0.29) is 25.4 Å². The minimum Gasteiger partial charge on any atom is -0.396 e. The van der Waals surface area contributed by atoms with Crippen molar-refractivity contribution in [3.63, 3.8) is 0 Å². The normalized spacial score (nSPS) is 40.2. The first-order valence-electron chi connectivity index (χ1n) is 3.78. The second kappa shape index (κ2) is 3.24. The summed E-state index contributed by atoms with van der Waals surface area (Å²) >= 11 is 0. The first-order valence-corrected chi connectivity index (χ1v) is 3.78. The molecule has 1 rings (SSSR count). The molecule has 2 atom stereocenters. The van der Waals surface area contributed by atoms with Gasteiger partial charge in [0.1, 0.15) is 0 Å². The highest BCUT2D eigenvalue weighted by atomic mass is 19.2. The molecule has 5 heteroatoms. The fraction of sp³-hybridized carbons (Fsp3) is 1.00. The van der Waals surface area contributed by atoms with Gasteiger partial charge in [0.15, 0.2) is 0 Å². The van der Waals surface area contributed by atoms with Gasteiger partial charge in [-0.25, -0.2) is 8.78 Å². The largest absolute Gasteiger partial charge is 0.396 e. The third-order valence-corrected chi connectivity index (χ3v) is 2.54. The molecule has 0 heterocycles. The van der Waals surface area contributed by atoms with Gasteiger partial charge in [-0.3, -0.25) is 0 Å². The second-order valence-electron chi connectivity index (χ2n) is 3.36. The maximum absolute atomic E-state index is 12.4. The van der Waals surface area contributed by atoms with Crippen molar-refractivity contribution in [3.8, 4) is 0 Å². The zero-order chi connectivity index (χ0) is 9.35. The van der Waals surface area contributed by atoms with Crippen LogP contribution in [0.15, 0.2) is 0 Å². The van der Waals surface area contributed by atoms with Crippen molar-refractivity contribution in [2.24, 2.45) is 11.3 Å². The van der Waals surface area contributed by atoms with Crippen molar-refractivity contribution in [2.45, 2.75) is 25.6 Å². The lowest BCUT2D eigenvalue weighted by atomic mass is 9.62. The number of hydrogen-bond donors (Lipinski definition) is 3. The molecule has 0 amide bonds. The number of rotatable bonds is 3. The molecule has 0 spiro atoms. The van der Waals surface area contributed by atoms with Crippen molar-refractivity contribution in [3.05, 3.63) is 0 Å². The van der Waals surface area contributed by atoms with E-state index in [4.69, 9.17) is 15.3 Å². The van der Waals surface area contributed by atoms with E-state index in [1.807, 2.05) is 0 Å². The van der Waals surface area contributed by atoms with Gasteiger partial charge in [-0.15, -0.1) is 0 Å². The topological polar surface area (TPSA) is 60.7 Å². The second-order valence-corrected chi connectivity index (χ2v) is 3.36. The summed E-state index contributed by atoms with van der Waals surface area (Å²) in [7, 11) is 0. The standard InChI is InChI=1S/C7H12F2O3/c8-5(11)7(6(9)12)1-4(2-7)3-10/h4-6,10-12H,1-3H2. The minimum atomic E-state index is -2.36. The zero-order valence-electron chi connectivity index (χ0n) is 6.45. The number of aliphatic hydroxyl groups excluding tert-OH is 3. The van der Waals surface area contributed by atoms with E-state index < -0.39 is 18.1 Å². The lowest BCUT2D eigenvalue weighted by Crippen LogP contribution is -2.52. The molecule has 3 nitrogen and oxygen atoms in total. The summed E-state index contributed by atoms with van der Waals surface area (Å²) < 4.78 is 24.9. The lowest BCUT2D eigenvalue weighted by Gasteiger charge is -2.47. The van der Waals surface area contributed by atoms with Crippen molar-refractivity contribution in [1.82, 2.24) is 0 Å². The van der Waals surface area contributed by atoms with Crippen molar-refractivity contribution in [1.29, 1.82) is 0 Å². The van der Waals surface area contributed by atoms with E-state index in [0.29, 0.717) is 0 Å². The molecule has 1 saturated carbocycles. The summed E-state index contributed by atoms with van der Waals surface area (Å²) in [5.41, 5.74) is -1.69. The summed E-state index contributed by atoms with van der Waals surface area (Å²) in [5.74, 6) is -0.208. The molecule has 3 N–H and O–H groups in total. The van der Waals surface area contributed by atoms with Gasteiger partial charge >= 0.3 is 0 Å². The average Bonchev–Trinajstić information content (AvgIpc) is 1.83.